The Morgan fingerprint density at radius 3 is 2.83 bits per heavy atom. The lowest BCUT2D eigenvalue weighted by atomic mass is 9.97. The molecular weight excluding hydrogens is 227 g/mol. The highest BCUT2D eigenvalue weighted by Gasteiger charge is 2.18. The lowest BCUT2D eigenvalue weighted by molar-refractivity contribution is 0.175. The summed E-state index contributed by atoms with van der Waals surface area (Å²) >= 11 is 0. The molecular formula is C15H23FN2. The predicted octanol–water partition coefficient (Wildman–Crippen LogP) is 2.30. The molecule has 0 radical (unpaired) electrons. The average molecular weight is 250 g/mol. The van der Waals surface area contributed by atoms with Crippen LogP contribution in [0.2, 0.25) is 0 Å². The molecule has 0 spiro atoms. The zero-order chi connectivity index (χ0) is 12.8. The highest BCUT2D eigenvalue weighted by atomic mass is 19.1. The van der Waals surface area contributed by atoms with Crippen molar-refractivity contribution < 1.29 is 4.39 Å². The van der Waals surface area contributed by atoms with Crippen LogP contribution in [0, 0.1) is 11.7 Å². The van der Waals surface area contributed by atoms with Crippen LogP contribution in [0.5, 0.6) is 0 Å². The number of hydrogen-bond acceptors (Lipinski definition) is 2. The maximum absolute atomic E-state index is 12.8. The van der Waals surface area contributed by atoms with Crippen molar-refractivity contribution in [2.24, 2.45) is 5.92 Å². The molecule has 0 bridgehead atoms. The summed E-state index contributed by atoms with van der Waals surface area (Å²) in [5, 5.41) is 3.27. The molecule has 1 saturated heterocycles. The van der Waals surface area contributed by atoms with Gasteiger partial charge in [0.25, 0.3) is 0 Å². The number of likely N-dealkylation sites (tertiary alicyclic amines) is 1. The van der Waals surface area contributed by atoms with E-state index in [0.717, 1.165) is 25.4 Å². The van der Waals surface area contributed by atoms with E-state index in [0.29, 0.717) is 0 Å². The summed E-state index contributed by atoms with van der Waals surface area (Å²) in [5.41, 5.74) is 1.23. The second-order valence-electron chi connectivity index (χ2n) is 5.24. The molecule has 1 aliphatic heterocycles. The molecule has 1 atom stereocenters. The monoisotopic (exact) mass is 250 g/mol. The number of nitrogens with one attached hydrogen (secondary N) is 1. The number of halogens is 1. The van der Waals surface area contributed by atoms with E-state index in [-0.39, 0.29) is 5.82 Å². The highest BCUT2D eigenvalue weighted by Crippen LogP contribution is 2.16. The van der Waals surface area contributed by atoms with Gasteiger partial charge in [-0.1, -0.05) is 12.1 Å². The molecule has 1 fully saturated rings. The van der Waals surface area contributed by atoms with Crippen LogP contribution < -0.4 is 5.32 Å². The van der Waals surface area contributed by atoms with Crippen LogP contribution in [0.4, 0.5) is 4.39 Å². The van der Waals surface area contributed by atoms with E-state index >= 15 is 0 Å². The molecule has 1 unspecified atom stereocenters. The molecule has 0 saturated carbocycles. The van der Waals surface area contributed by atoms with Crippen LogP contribution in [0.1, 0.15) is 18.4 Å². The summed E-state index contributed by atoms with van der Waals surface area (Å²) in [6, 6.07) is 6.89. The fourth-order valence-corrected chi connectivity index (χ4v) is 2.75. The van der Waals surface area contributed by atoms with Crippen LogP contribution in [-0.2, 0) is 6.42 Å². The molecule has 1 aliphatic rings. The van der Waals surface area contributed by atoms with Crippen LogP contribution in [0.25, 0.3) is 0 Å². The Labute approximate surface area is 109 Å². The van der Waals surface area contributed by atoms with Gasteiger partial charge in [-0.15, -0.1) is 0 Å². The van der Waals surface area contributed by atoms with Crippen LogP contribution in [-0.4, -0.2) is 38.1 Å². The van der Waals surface area contributed by atoms with Gasteiger partial charge in [0.1, 0.15) is 5.82 Å². The molecule has 1 N–H and O–H groups in total. The van der Waals surface area contributed by atoms with Crippen molar-refractivity contribution in [2.75, 3.05) is 33.2 Å². The van der Waals surface area contributed by atoms with Crippen molar-refractivity contribution >= 4 is 0 Å². The van der Waals surface area contributed by atoms with Crippen LogP contribution in [0.15, 0.2) is 24.3 Å². The third kappa shape index (κ3) is 4.07. The average Bonchev–Trinajstić information content (AvgIpc) is 2.39. The number of hydrogen-bond donors (Lipinski definition) is 1. The normalized spacial score (nSPS) is 21.1. The van der Waals surface area contributed by atoms with E-state index in [1.54, 1.807) is 12.1 Å². The zero-order valence-corrected chi connectivity index (χ0v) is 11.2. The third-order valence-electron chi connectivity index (χ3n) is 3.73. The smallest absolute Gasteiger partial charge is 0.123 e. The Kier molecular flexibility index (Phi) is 5.14. The molecule has 0 aliphatic carbocycles. The summed E-state index contributed by atoms with van der Waals surface area (Å²) < 4.78 is 12.8. The van der Waals surface area contributed by atoms with Gasteiger partial charge in [-0.05, 0) is 63.0 Å². The van der Waals surface area contributed by atoms with E-state index in [2.05, 4.69) is 10.2 Å². The first kappa shape index (κ1) is 13.5. The molecule has 1 aromatic carbocycles. The minimum atomic E-state index is -0.147. The molecule has 2 rings (SSSR count). The first-order valence-electron chi connectivity index (χ1n) is 6.89. The van der Waals surface area contributed by atoms with Crippen molar-refractivity contribution in [3.05, 3.63) is 35.6 Å². The topological polar surface area (TPSA) is 15.3 Å². The minimum absolute atomic E-state index is 0.147. The second-order valence-corrected chi connectivity index (χ2v) is 5.24. The van der Waals surface area contributed by atoms with E-state index in [1.807, 2.05) is 19.2 Å². The van der Waals surface area contributed by atoms with Gasteiger partial charge in [-0.3, -0.25) is 0 Å². The zero-order valence-electron chi connectivity index (χ0n) is 11.2. The molecule has 0 amide bonds. The lowest BCUT2D eigenvalue weighted by Gasteiger charge is -2.32. The van der Waals surface area contributed by atoms with Gasteiger partial charge < -0.3 is 10.2 Å². The van der Waals surface area contributed by atoms with Gasteiger partial charge in [-0.2, -0.15) is 0 Å². The van der Waals surface area contributed by atoms with Crippen molar-refractivity contribution in [1.82, 2.24) is 10.2 Å². The molecule has 1 heterocycles. The van der Waals surface area contributed by atoms with Gasteiger partial charge in [0.15, 0.2) is 0 Å². The van der Waals surface area contributed by atoms with Gasteiger partial charge >= 0.3 is 0 Å². The molecule has 3 heteroatoms. The highest BCUT2D eigenvalue weighted by molar-refractivity contribution is 5.16. The van der Waals surface area contributed by atoms with Gasteiger partial charge in [0.2, 0.25) is 0 Å². The minimum Gasteiger partial charge on any atom is -0.319 e. The Bertz CT molecular complexity index is 348. The maximum atomic E-state index is 12.8. The fraction of sp³-hybridized carbons (Fsp3) is 0.600. The standard InChI is InChI=1S/C15H23FN2/c1-17-11-14-3-2-9-18(12-14)10-8-13-4-6-15(16)7-5-13/h4-7,14,17H,2-3,8-12H2,1H3. The third-order valence-corrected chi connectivity index (χ3v) is 3.73. The van der Waals surface area contributed by atoms with E-state index in [4.69, 9.17) is 0 Å². The number of nitrogens with zero attached hydrogens (tertiary/aromatic N) is 1. The number of rotatable bonds is 5. The van der Waals surface area contributed by atoms with E-state index in [1.165, 1.54) is 31.5 Å². The van der Waals surface area contributed by atoms with Crippen LogP contribution in [0.3, 0.4) is 0 Å². The SMILES string of the molecule is CNCC1CCCN(CCc2ccc(F)cc2)C1. The molecule has 100 valence electrons. The van der Waals surface area contributed by atoms with Crippen molar-refractivity contribution in [3.63, 3.8) is 0 Å². The summed E-state index contributed by atoms with van der Waals surface area (Å²) in [4.78, 5) is 2.54. The quantitative estimate of drug-likeness (QED) is 0.862. The summed E-state index contributed by atoms with van der Waals surface area (Å²) in [5.74, 6) is 0.641. The van der Waals surface area contributed by atoms with Gasteiger partial charge in [0, 0.05) is 13.1 Å². The lowest BCUT2D eigenvalue weighted by Crippen LogP contribution is -2.39. The molecule has 1 aromatic rings. The second kappa shape index (κ2) is 6.86. The number of piperidine rings is 1. The van der Waals surface area contributed by atoms with Crippen molar-refractivity contribution in [1.29, 1.82) is 0 Å². The van der Waals surface area contributed by atoms with Gasteiger partial charge in [0.05, 0.1) is 0 Å². The summed E-state index contributed by atoms with van der Waals surface area (Å²) in [6.45, 7) is 4.61. The Morgan fingerprint density at radius 2 is 2.11 bits per heavy atom. The molecule has 2 nitrogen and oxygen atoms in total. The maximum Gasteiger partial charge on any atom is 0.123 e. The Balaban J connectivity index is 1.77. The number of benzene rings is 1. The first-order valence-corrected chi connectivity index (χ1v) is 6.89. The summed E-state index contributed by atoms with van der Waals surface area (Å²) in [6.07, 6.45) is 3.66. The van der Waals surface area contributed by atoms with Crippen molar-refractivity contribution in [2.45, 2.75) is 19.3 Å². The largest absolute Gasteiger partial charge is 0.319 e. The predicted molar refractivity (Wildman–Crippen MR) is 73.2 cm³/mol. The van der Waals surface area contributed by atoms with Gasteiger partial charge in [-0.25, -0.2) is 4.39 Å². The molecule has 0 aromatic heterocycles. The van der Waals surface area contributed by atoms with E-state index < -0.39 is 0 Å². The summed E-state index contributed by atoms with van der Waals surface area (Å²) in [7, 11) is 2.03. The van der Waals surface area contributed by atoms with E-state index in [9.17, 15) is 4.39 Å². The first-order chi connectivity index (χ1) is 8.78. The molecule has 18 heavy (non-hydrogen) atoms. The van der Waals surface area contributed by atoms with Crippen molar-refractivity contribution in [3.8, 4) is 0 Å². The fourth-order valence-electron chi connectivity index (χ4n) is 2.75. The Morgan fingerprint density at radius 1 is 1.33 bits per heavy atom. The Hall–Kier alpha value is -0.930. The van der Waals surface area contributed by atoms with Crippen LogP contribution >= 0.6 is 0 Å².